The van der Waals surface area contributed by atoms with Crippen LogP contribution in [0.2, 0.25) is 0 Å². The molecular weight excluding hydrogens is 336 g/mol. The van der Waals surface area contributed by atoms with E-state index in [1.807, 2.05) is 60.8 Å². The molecule has 3 unspecified atom stereocenters. The highest BCUT2D eigenvalue weighted by Crippen LogP contribution is 2.45. The zero-order valence-corrected chi connectivity index (χ0v) is 14.5. The predicted octanol–water partition coefficient (Wildman–Crippen LogP) is 3.58. The molecule has 3 heterocycles. The van der Waals surface area contributed by atoms with Gasteiger partial charge < -0.3 is 10.1 Å². The van der Waals surface area contributed by atoms with Crippen LogP contribution >= 0.6 is 0 Å². The number of benzene rings is 2. The number of pyridine rings is 1. The number of aromatic nitrogens is 1. The summed E-state index contributed by atoms with van der Waals surface area (Å²) in [6, 6.07) is 21.8. The van der Waals surface area contributed by atoms with Crippen LogP contribution in [0.4, 0.5) is 5.69 Å². The van der Waals surface area contributed by atoms with Crippen molar-refractivity contribution in [1.29, 1.82) is 0 Å². The second-order valence-electron chi connectivity index (χ2n) is 6.77. The van der Waals surface area contributed by atoms with Crippen molar-refractivity contribution >= 4 is 17.7 Å². The Morgan fingerprint density at radius 1 is 0.926 bits per heavy atom. The molecule has 2 aromatic carbocycles. The van der Waals surface area contributed by atoms with Gasteiger partial charge in [0.1, 0.15) is 12.3 Å². The lowest BCUT2D eigenvalue weighted by Crippen LogP contribution is -2.38. The van der Waals surface area contributed by atoms with E-state index in [4.69, 9.17) is 0 Å². The fourth-order valence-electron chi connectivity index (χ4n) is 4.05. The first-order chi connectivity index (χ1) is 13.4. The SMILES string of the molecule is O=CC1NN=C2c3c(cccc31)NC(c1ccccn1)C2c1ccccc1. The highest BCUT2D eigenvalue weighted by Gasteiger charge is 2.40. The molecule has 2 N–H and O–H groups in total. The molecule has 0 saturated heterocycles. The van der Waals surface area contributed by atoms with Gasteiger partial charge in [-0.25, -0.2) is 0 Å². The molecular formula is C22H18N4O. The van der Waals surface area contributed by atoms with E-state index in [0.29, 0.717) is 0 Å². The summed E-state index contributed by atoms with van der Waals surface area (Å²) in [5, 5.41) is 8.31. The Kier molecular flexibility index (Phi) is 3.71. The van der Waals surface area contributed by atoms with Crippen LogP contribution < -0.4 is 10.7 Å². The van der Waals surface area contributed by atoms with Crippen molar-refractivity contribution in [3.05, 3.63) is 95.3 Å². The molecule has 2 aliphatic heterocycles. The van der Waals surface area contributed by atoms with Crippen molar-refractivity contribution in [3.63, 3.8) is 0 Å². The van der Waals surface area contributed by atoms with Gasteiger partial charge in [-0.15, -0.1) is 0 Å². The Morgan fingerprint density at radius 2 is 1.78 bits per heavy atom. The molecule has 1 aromatic heterocycles. The smallest absolute Gasteiger partial charge is 0.148 e. The lowest BCUT2D eigenvalue weighted by Gasteiger charge is -2.39. The first-order valence-electron chi connectivity index (χ1n) is 9.01. The monoisotopic (exact) mass is 354 g/mol. The van der Waals surface area contributed by atoms with Gasteiger partial charge in [-0.2, -0.15) is 5.10 Å². The summed E-state index contributed by atoms with van der Waals surface area (Å²) < 4.78 is 0. The topological polar surface area (TPSA) is 66.4 Å². The minimum absolute atomic E-state index is 0.0187. The molecule has 3 aromatic rings. The molecule has 27 heavy (non-hydrogen) atoms. The van der Waals surface area contributed by atoms with Gasteiger partial charge in [0.2, 0.25) is 0 Å². The summed E-state index contributed by atoms with van der Waals surface area (Å²) in [6.45, 7) is 0. The van der Waals surface area contributed by atoms with E-state index in [0.717, 1.165) is 40.1 Å². The van der Waals surface area contributed by atoms with Gasteiger partial charge in [-0.1, -0.05) is 48.5 Å². The maximum Gasteiger partial charge on any atom is 0.148 e. The van der Waals surface area contributed by atoms with Crippen LogP contribution in [0, 0.1) is 0 Å². The zero-order chi connectivity index (χ0) is 18.2. The second kappa shape index (κ2) is 6.36. The van der Waals surface area contributed by atoms with E-state index >= 15 is 0 Å². The minimum Gasteiger partial charge on any atom is -0.375 e. The normalized spacial score (nSPS) is 22.7. The maximum absolute atomic E-state index is 11.5. The van der Waals surface area contributed by atoms with Crippen molar-refractivity contribution in [1.82, 2.24) is 10.4 Å². The lowest BCUT2D eigenvalue weighted by molar-refractivity contribution is -0.109. The first-order valence-corrected chi connectivity index (χ1v) is 9.01. The number of nitrogens with one attached hydrogen (secondary N) is 2. The quantitative estimate of drug-likeness (QED) is 0.706. The summed E-state index contributed by atoms with van der Waals surface area (Å²) in [5.74, 6) is -0.0187. The summed E-state index contributed by atoms with van der Waals surface area (Å²) in [4.78, 5) is 16.1. The molecule has 0 fully saturated rings. The van der Waals surface area contributed by atoms with Crippen LogP contribution in [0.15, 0.2) is 78.0 Å². The van der Waals surface area contributed by atoms with Gasteiger partial charge in [-0.05, 0) is 29.3 Å². The molecule has 0 aliphatic carbocycles. The highest BCUT2D eigenvalue weighted by molar-refractivity contribution is 6.13. The predicted molar refractivity (Wildman–Crippen MR) is 105 cm³/mol. The van der Waals surface area contributed by atoms with Crippen LogP contribution in [0.1, 0.15) is 40.4 Å². The fourth-order valence-corrected chi connectivity index (χ4v) is 4.05. The largest absolute Gasteiger partial charge is 0.375 e. The van der Waals surface area contributed by atoms with Gasteiger partial charge in [0.25, 0.3) is 0 Å². The maximum atomic E-state index is 11.5. The minimum atomic E-state index is -0.423. The van der Waals surface area contributed by atoms with Crippen molar-refractivity contribution in [2.45, 2.75) is 18.0 Å². The molecule has 0 radical (unpaired) electrons. The zero-order valence-electron chi connectivity index (χ0n) is 14.5. The van der Waals surface area contributed by atoms with Crippen molar-refractivity contribution in [2.75, 3.05) is 5.32 Å². The molecule has 2 aliphatic rings. The van der Waals surface area contributed by atoms with Crippen LogP contribution in [0.5, 0.6) is 0 Å². The Hall–Kier alpha value is -3.47. The third-order valence-corrected chi connectivity index (χ3v) is 5.25. The lowest BCUT2D eigenvalue weighted by atomic mass is 9.76. The van der Waals surface area contributed by atoms with E-state index in [1.54, 1.807) is 0 Å². The Morgan fingerprint density at radius 3 is 2.56 bits per heavy atom. The molecule has 0 saturated carbocycles. The van der Waals surface area contributed by atoms with Crippen LogP contribution in [-0.2, 0) is 4.79 Å². The van der Waals surface area contributed by atoms with E-state index in [9.17, 15) is 4.79 Å². The van der Waals surface area contributed by atoms with Crippen molar-refractivity contribution in [2.24, 2.45) is 5.10 Å². The van der Waals surface area contributed by atoms with E-state index < -0.39 is 6.04 Å². The third-order valence-electron chi connectivity index (χ3n) is 5.25. The summed E-state index contributed by atoms with van der Waals surface area (Å²) in [5.41, 5.74) is 9.06. The third kappa shape index (κ3) is 2.51. The number of carbonyl (C=O) groups is 1. The Balaban J connectivity index is 1.73. The number of anilines is 1. The second-order valence-corrected chi connectivity index (χ2v) is 6.77. The number of hydrazone groups is 1. The molecule has 5 rings (SSSR count). The average molecular weight is 354 g/mol. The molecule has 0 bridgehead atoms. The number of rotatable bonds is 3. The first kappa shape index (κ1) is 15.8. The van der Waals surface area contributed by atoms with E-state index in [1.165, 1.54) is 0 Å². The highest BCUT2D eigenvalue weighted by atomic mass is 16.1. The van der Waals surface area contributed by atoms with Crippen molar-refractivity contribution < 1.29 is 4.79 Å². The number of hydrogen-bond donors (Lipinski definition) is 2. The standard InChI is InChI=1S/C22H18N4O/c27-13-18-15-9-6-11-16-20(15)22(26-25-18)19(14-7-2-1-3-8-14)21(24-16)17-10-4-5-12-23-17/h1-13,18-19,21,24-25H. The molecule has 0 spiro atoms. The van der Waals surface area contributed by atoms with Crippen LogP contribution in [-0.4, -0.2) is 17.0 Å². The van der Waals surface area contributed by atoms with Gasteiger partial charge in [0, 0.05) is 17.4 Å². The van der Waals surface area contributed by atoms with Crippen LogP contribution in [0.25, 0.3) is 0 Å². The van der Waals surface area contributed by atoms with Gasteiger partial charge in [0.05, 0.1) is 23.4 Å². The number of aldehydes is 1. The van der Waals surface area contributed by atoms with E-state index in [2.05, 4.69) is 33.0 Å². The molecule has 0 amide bonds. The summed E-state index contributed by atoms with van der Waals surface area (Å²) >= 11 is 0. The van der Waals surface area contributed by atoms with Crippen molar-refractivity contribution in [3.8, 4) is 0 Å². The fraction of sp³-hybridized carbons (Fsp3) is 0.136. The molecule has 132 valence electrons. The molecule has 5 heteroatoms. The molecule has 3 atom stereocenters. The number of nitrogens with zero attached hydrogens (tertiary/aromatic N) is 2. The Labute approximate surface area is 157 Å². The Bertz CT molecular complexity index is 1020. The average Bonchev–Trinajstić information content (AvgIpc) is 2.75. The number of hydrogen-bond acceptors (Lipinski definition) is 5. The van der Waals surface area contributed by atoms with E-state index in [-0.39, 0.29) is 12.0 Å². The number of carbonyl (C=O) groups excluding carboxylic acids is 1. The van der Waals surface area contributed by atoms with Gasteiger partial charge in [0.15, 0.2) is 0 Å². The van der Waals surface area contributed by atoms with Crippen LogP contribution in [0.3, 0.4) is 0 Å². The van der Waals surface area contributed by atoms with Gasteiger partial charge in [-0.3, -0.25) is 10.4 Å². The van der Waals surface area contributed by atoms with Gasteiger partial charge >= 0.3 is 0 Å². The molecule has 5 nitrogen and oxygen atoms in total. The summed E-state index contributed by atoms with van der Waals surface area (Å²) in [6.07, 6.45) is 2.71. The summed E-state index contributed by atoms with van der Waals surface area (Å²) in [7, 11) is 0.